The molecule has 0 saturated heterocycles. The van der Waals surface area contributed by atoms with Crippen molar-refractivity contribution >= 4 is 5.97 Å². The maximum Gasteiger partial charge on any atom is 0.335 e. The Bertz CT molecular complexity index is 305. The highest BCUT2D eigenvalue weighted by molar-refractivity contribution is 5.87. The van der Waals surface area contributed by atoms with Gasteiger partial charge in [0, 0.05) is 0 Å². The molecule has 0 fully saturated rings. The maximum atomic E-state index is 10.5. The van der Waals surface area contributed by atoms with Gasteiger partial charge in [0.1, 0.15) is 0 Å². The van der Waals surface area contributed by atoms with E-state index in [2.05, 4.69) is 6.92 Å². The van der Waals surface area contributed by atoms with E-state index in [0.717, 1.165) is 0 Å². The number of carboxylic acids is 1. The van der Waals surface area contributed by atoms with E-state index in [-0.39, 0.29) is 12.2 Å². The molecule has 1 radical (unpaired) electrons. The Morgan fingerprint density at radius 2 is 2.17 bits per heavy atom. The van der Waals surface area contributed by atoms with Crippen molar-refractivity contribution in [2.75, 3.05) is 0 Å². The highest BCUT2D eigenvalue weighted by atomic mass is 16.4. The van der Waals surface area contributed by atoms with Crippen LogP contribution in [0.2, 0.25) is 0 Å². The van der Waals surface area contributed by atoms with E-state index in [1.807, 2.05) is 0 Å². The molecule has 3 nitrogen and oxygen atoms in total. The summed E-state index contributed by atoms with van der Waals surface area (Å²) < 4.78 is 0. The summed E-state index contributed by atoms with van der Waals surface area (Å²) in [5, 5.41) is 17.3. The molecule has 0 saturated carbocycles. The summed E-state index contributed by atoms with van der Waals surface area (Å²) in [6, 6.07) is 4.45. The molecule has 0 aliphatic heterocycles. The van der Waals surface area contributed by atoms with Crippen LogP contribution in [0.15, 0.2) is 18.2 Å². The van der Waals surface area contributed by atoms with Crippen molar-refractivity contribution in [1.29, 1.82) is 0 Å². The van der Waals surface area contributed by atoms with E-state index < -0.39 is 5.97 Å². The molecular formula is C9H9O3. The normalized spacial score (nSPS) is 9.83. The Labute approximate surface area is 70.3 Å². The average Bonchev–Trinajstić information content (AvgIpc) is 2.04. The monoisotopic (exact) mass is 165 g/mol. The van der Waals surface area contributed by atoms with Gasteiger partial charge in [0.15, 0.2) is 0 Å². The molecule has 0 bridgehead atoms. The SMILES string of the molecule is [CH2]c1cc(C(=O)O)ccc1CO. The first-order valence-electron chi connectivity index (χ1n) is 3.44. The second-order valence-corrected chi connectivity index (χ2v) is 2.45. The fraction of sp³-hybridized carbons (Fsp3) is 0.111. The van der Waals surface area contributed by atoms with Gasteiger partial charge in [-0.3, -0.25) is 0 Å². The van der Waals surface area contributed by atoms with Crippen LogP contribution in [-0.4, -0.2) is 16.2 Å². The summed E-state index contributed by atoms with van der Waals surface area (Å²) in [6.45, 7) is 3.50. The summed E-state index contributed by atoms with van der Waals surface area (Å²) in [6.07, 6.45) is 0. The van der Waals surface area contributed by atoms with Crippen molar-refractivity contribution in [1.82, 2.24) is 0 Å². The summed E-state index contributed by atoms with van der Waals surface area (Å²) in [5.41, 5.74) is 1.40. The number of carboxylic acid groups (broad SMARTS) is 1. The van der Waals surface area contributed by atoms with Gasteiger partial charge in [-0.15, -0.1) is 0 Å². The first-order valence-corrected chi connectivity index (χ1v) is 3.44. The van der Waals surface area contributed by atoms with Crippen LogP contribution in [0.4, 0.5) is 0 Å². The highest BCUT2D eigenvalue weighted by Gasteiger charge is 2.04. The van der Waals surface area contributed by atoms with E-state index >= 15 is 0 Å². The van der Waals surface area contributed by atoms with Gasteiger partial charge in [0.25, 0.3) is 0 Å². The third-order valence-corrected chi connectivity index (χ3v) is 1.62. The van der Waals surface area contributed by atoms with E-state index in [1.54, 1.807) is 6.07 Å². The van der Waals surface area contributed by atoms with Crippen LogP contribution in [0.25, 0.3) is 0 Å². The van der Waals surface area contributed by atoms with Crippen molar-refractivity contribution in [2.45, 2.75) is 6.61 Å². The quantitative estimate of drug-likeness (QED) is 0.688. The molecule has 0 amide bonds. The third kappa shape index (κ3) is 1.62. The molecule has 1 aromatic rings. The number of benzene rings is 1. The first kappa shape index (κ1) is 8.74. The van der Waals surface area contributed by atoms with Crippen LogP contribution in [-0.2, 0) is 6.61 Å². The number of carbonyl (C=O) groups is 1. The molecule has 0 aromatic heterocycles. The molecule has 0 atom stereocenters. The van der Waals surface area contributed by atoms with Gasteiger partial charge in [0.2, 0.25) is 0 Å². The number of aliphatic hydroxyl groups is 1. The molecule has 0 spiro atoms. The molecular weight excluding hydrogens is 156 g/mol. The average molecular weight is 165 g/mol. The third-order valence-electron chi connectivity index (χ3n) is 1.62. The molecule has 63 valence electrons. The van der Waals surface area contributed by atoms with Crippen LogP contribution in [0, 0.1) is 6.92 Å². The maximum absolute atomic E-state index is 10.5. The largest absolute Gasteiger partial charge is 0.478 e. The van der Waals surface area contributed by atoms with Gasteiger partial charge in [-0.2, -0.15) is 0 Å². The number of aromatic carboxylic acids is 1. The summed E-state index contributed by atoms with van der Waals surface area (Å²) in [7, 11) is 0. The lowest BCUT2D eigenvalue weighted by Gasteiger charge is -2.02. The van der Waals surface area contributed by atoms with E-state index in [4.69, 9.17) is 10.2 Å². The van der Waals surface area contributed by atoms with Crippen LogP contribution < -0.4 is 0 Å². The fourth-order valence-electron chi connectivity index (χ4n) is 0.913. The molecule has 0 aliphatic carbocycles. The molecule has 0 aliphatic rings. The minimum atomic E-state index is -0.982. The molecule has 1 aromatic carbocycles. The van der Waals surface area contributed by atoms with Crippen molar-refractivity contribution in [3.63, 3.8) is 0 Å². The molecule has 0 heterocycles. The molecule has 12 heavy (non-hydrogen) atoms. The van der Waals surface area contributed by atoms with Gasteiger partial charge >= 0.3 is 5.97 Å². The lowest BCUT2D eigenvalue weighted by molar-refractivity contribution is 0.0696. The number of hydrogen-bond donors (Lipinski definition) is 2. The summed E-state index contributed by atoms with van der Waals surface area (Å²) >= 11 is 0. The minimum Gasteiger partial charge on any atom is -0.478 e. The van der Waals surface area contributed by atoms with Crippen molar-refractivity contribution < 1.29 is 15.0 Å². The summed E-state index contributed by atoms with van der Waals surface area (Å²) in [4.78, 5) is 10.5. The van der Waals surface area contributed by atoms with Crippen LogP contribution in [0.1, 0.15) is 21.5 Å². The highest BCUT2D eigenvalue weighted by Crippen LogP contribution is 2.10. The van der Waals surface area contributed by atoms with Gasteiger partial charge in [-0.05, 0) is 30.2 Å². The van der Waals surface area contributed by atoms with E-state index in [1.165, 1.54) is 12.1 Å². The van der Waals surface area contributed by atoms with Gasteiger partial charge < -0.3 is 10.2 Å². The van der Waals surface area contributed by atoms with Crippen molar-refractivity contribution in [2.24, 2.45) is 0 Å². The second-order valence-electron chi connectivity index (χ2n) is 2.45. The van der Waals surface area contributed by atoms with E-state index in [9.17, 15) is 4.79 Å². The van der Waals surface area contributed by atoms with Gasteiger partial charge in [-0.25, -0.2) is 4.79 Å². The standard InChI is InChI=1S/C9H9O3/c1-6-4-7(9(11)12)2-3-8(6)5-10/h2-4,10H,1,5H2,(H,11,12). The smallest absolute Gasteiger partial charge is 0.335 e. The Kier molecular flexibility index (Phi) is 2.45. The molecule has 1 rings (SSSR count). The zero-order chi connectivity index (χ0) is 9.14. The first-order chi connectivity index (χ1) is 5.65. The number of rotatable bonds is 2. The Morgan fingerprint density at radius 3 is 2.58 bits per heavy atom. The Balaban J connectivity index is 3.10. The molecule has 3 heteroatoms. The number of hydrogen-bond acceptors (Lipinski definition) is 2. The summed E-state index contributed by atoms with van der Waals surface area (Å²) in [5.74, 6) is -0.982. The van der Waals surface area contributed by atoms with Crippen molar-refractivity contribution in [3.8, 4) is 0 Å². The predicted molar refractivity (Wildman–Crippen MR) is 43.8 cm³/mol. The van der Waals surface area contributed by atoms with Crippen molar-refractivity contribution in [3.05, 3.63) is 41.8 Å². The zero-order valence-corrected chi connectivity index (χ0v) is 6.45. The number of aliphatic hydroxyl groups excluding tert-OH is 1. The lowest BCUT2D eigenvalue weighted by atomic mass is 10.1. The Morgan fingerprint density at radius 1 is 1.50 bits per heavy atom. The topological polar surface area (TPSA) is 57.5 Å². The van der Waals surface area contributed by atoms with Crippen LogP contribution >= 0.6 is 0 Å². The zero-order valence-electron chi connectivity index (χ0n) is 6.45. The minimum absolute atomic E-state index is 0.112. The Hall–Kier alpha value is -1.35. The van der Waals surface area contributed by atoms with Crippen LogP contribution in [0.5, 0.6) is 0 Å². The van der Waals surface area contributed by atoms with Gasteiger partial charge in [0.05, 0.1) is 12.2 Å². The lowest BCUT2D eigenvalue weighted by Crippen LogP contribution is -1.98. The molecule has 0 unspecified atom stereocenters. The molecule has 2 N–H and O–H groups in total. The van der Waals surface area contributed by atoms with Gasteiger partial charge in [-0.1, -0.05) is 6.07 Å². The van der Waals surface area contributed by atoms with Crippen LogP contribution in [0.3, 0.4) is 0 Å². The predicted octanol–water partition coefficient (Wildman–Crippen LogP) is 1.06. The fourth-order valence-corrected chi connectivity index (χ4v) is 0.913. The van der Waals surface area contributed by atoms with E-state index in [0.29, 0.717) is 11.1 Å². The second kappa shape index (κ2) is 3.36.